The van der Waals surface area contributed by atoms with Crippen molar-refractivity contribution in [2.75, 3.05) is 13.2 Å². The minimum atomic E-state index is -1.57. The number of carbonyl (C=O) groups excluding carboxylic acids is 1. The molecule has 1 saturated heterocycles. The summed E-state index contributed by atoms with van der Waals surface area (Å²) in [7, 11) is 0. The van der Waals surface area contributed by atoms with Crippen LogP contribution in [0.4, 0.5) is 0 Å². The van der Waals surface area contributed by atoms with Crippen molar-refractivity contribution in [2.24, 2.45) is 0 Å². The first-order valence-corrected chi connectivity index (χ1v) is 23.1. The molecule has 0 radical (unpaired) electrons. The quantitative estimate of drug-likeness (QED) is 0.0268. The highest BCUT2D eigenvalue weighted by Crippen LogP contribution is 2.22. The number of nitrogens with one attached hydrogen (secondary N) is 1. The lowest BCUT2D eigenvalue weighted by Crippen LogP contribution is -2.60. The Morgan fingerprint density at radius 1 is 0.600 bits per heavy atom. The fourth-order valence-electron chi connectivity index (χ4n) is 7.29. The molecule has 1 aliphatic rings. The summed E-state index contributed by atoms with van der Waals surface area (Å²) in [5.41, 5.74) is 0. The third-order valence-electron chi connectivity index (χ3n) is 11.0. The van der Waals surface area contributed by atoms with E-state index >= 15 is 0 Å². The minimum Gasteiger partial charge on any atom is -0.394 e. The molecule has 7 unspecified atom stereocenters. The van der Waals surface area contributed by atoms with Gasteiger partial charge in [-0.05, 0) is 32.1 Å². The molecule has 324 valence electrons. The molecule has 0 bridgehead atoms. The number of aliphatic hydroxyl groups excluding tert-OH is 5. The van der Waals surface area contributed by atoms with Crippen molar-refractivity contribution < 1.29 is 39.8 Å². The summed E-state index contributed by atoms with van der Waals surface area (Å²) >= 11 is 0. The van der Waals surface area contributed by atoms with Crippen LogP contribution in [-0.4, -0.2) is 87.5 Å². The van der Waals surface area contributed by atoms with Crippen molar-refractivity contribution in [1.29, 1.82) is 0 Å². The van der Waals surface area contributed by atoms with Crippen molar-refractivity contribution in [3.8, 4) is 0 Å². The van der Waals surface area contributed by atoms with E-state index in [-0.39, 0.29) is 12.5 Å². The molecule has 1 aliphatic heterocycles. The van der Waals surface area contributed by atoms with Crippen molar-refractivity contribution in [3.05, 3.63) is 24.3 Å². The number of unbranched alkanes of at least 4 members (excludes halogenated alkanes) is 26. The molecular weight excluding hydrogens is 695 g/mol. The normalized spacial score (nSPS) is 21.5. The topological polar surface area (TPSA) is 149 Å². The lowest BCUT2D eigenvalue weighted by molar-refractivity contribution is -0.302. The molecular formula is C46H87NO8. The second-order valence-electron chi connectivity index (χ2n) is 16.2. The second-order valence-corrected chi connectivity index (χ2v) is 16.2. The van der Waals surface area contributed by atoms with Crippen LogP contribution < -0.4 is 5.32 Å². The highest BCUT2D eigenvalue weighted by Gasteiger charge is 2.44. The van der Waals surface area contributed by atoms with E-state index < -0.39 is 49.5 Å². The number of hydrogen-bond donors (Lipinski definition) is 6. The van der Waals surface area contributed by atoms with E-state index in [9.17, 15) is 30.3 Å². The van der Waals surface area contributed by atoms with Crippen molar-refractivity contribution in [1.82, 2.24) is 5.32 Å². The van der Waals surface area contributed by atoms with E-state index in [2.05, 4.69) is 31.3 Å². The molecule has 7 atom stereocenters. The molecule has 1 heterocycles. The van der Waals surface area contributed by atoms with E-state index in [1.807, 2.05) is 6.08 Å². The highest BCUT2D eigenvalue weighted by atomic mass is 16.7. The van der Waals surface area contributed by atoms with Gasteiger partial charge in [0.25, 0.3) is 0 Å². The van der Waals surface area contributed by atoms with E-state index in [4.69, 9.17) is 9.47 Å². The predicted molar refractivity (Wildman–Crippen MR) is 226 cm³/mol. The van der Waals surface area contributed by atoms with Gasteiger partial charge < -0.3 is 40.3 Å². The van der Waals surface area contributed by atoms with E-state index in [1.54, 1.807) is 6.08 Å². The summed E-state index contributed by atoms with van der Waals surface area (Å²) < 4.78 is 11.2. The van der Waals surface area contributed by atoms with E-state index in [1.165, 1.54) is 148 Å². The summed E-state index contributed by atoms with van der Waals surface area (Å²) in [6.07, 6.45) is 36.6. The average molecular weight is 782 g/mol. The molecule has 1 amide bonds. The van der Waals surface area contributed by atoms with Gasteiger partial charge in [-0.2, -0.15) is 0 Å². The Morgan fingerprint density at radius 3 is 1.53 bits per heavy atom. The monoisotopic (exact) mass is 782 g/mol. The maximum absolute atomic E-state index is 12.9. The molecule has 1 rings (SSSR count). The van der Waals surface area contributed by atoms with Crippen LogP contribution in [0.5, 0.6) is 0 Å². The lowest BCUT2D eigenvalue weighted by atomic mass is 9.99. The minimum absolute atomic E-state index is 0.187. The Morgan fingerprint density at radius 2 is 1.04 bits per heavy atom. The molecule has 0 aromatic rings. The van der Waals surface area contributed by atoms with Crippen LogP contribution in [0.2, 0.25) is 0 Å². The third-order valence-corrected chi connectivity index (χ3v) is 11.0. The highest BCUT2D eigenvalue weighted by molar-refractivity contribution is 5.76. The zero-order chi connectivity index (χ0) is 40.2. The maximum atomic E-state index is 12.9. The summed E-state index contributed by atoms with van der Waals surface area (Å²) in [5.74, 6) is -0.187. The van der Waals surface area contributed by atoms with Crippen molar-refractivity contribution in [3.63, 3.8) is 0 Å². The zero-order valence-electron chi connectivity index (χ0n) is 35.4. The van der Waals surface area contributed by atoms with Crippen molar-refractivity contribution in [2.45, 2.75) is 249 Å². The Kier molecular flexibility index (Phi) is 34.7. The van der Waals surface area contributed by atoms with Crippen molar-refractivity contribution >= 4 is 5.91 Å². The molecule has 0 saturated carbocycles. The fourth-order valence-corrected chi connectivity index (χ4v) is 7.29. The van der Waals surface area contributed by atoms with Gasteiger partial charge in [0.1, 0.15) is 24.4 Å². The van der Waals surface area contributed by atoms with Gasteiger partial charge in [0, 0.05) is 6.42 Å². The Balaban J connectivity index is 2.35. The standard InChI is InChI=1S/C46H87NO8/c1-3-5-7-9-11-13-15-16-17-18-19-20-21-22-23-24-26-27-29-31-33-35-40(49)39(38-54-46-45(53)44(52)43(51)41(37-48)55-46)47-42(50)36-34-32-30-28-25-14-12-10-8-6-4-2/h26-27,33,35,39-41,43-46,48-49,51-53H,3-25,28-32,34,36-38H2,1-2H3,(H,47,50)/b27-26+,35-33+. The van der Waals surface area contributed by atoms with Crippen LogP contribution in [0.25, 0.3) is 0 Å². The second kappa shape index (κ2) is 37.0. The maximum Gasteiger partial charge on any atom is 0.220 e. The number of rotatable bonds is 38. The first kappa shape index (κ1) is 51.7. The largest absolute Gasteiger partial charge is 0.394 e. The molecule has 0 spiro atoms. The van der Waals surface area contributed by atoms with Gasteiger partial charge in [-0.15, -0.1) is 0 Å². The number of hydrogen-bond acceptors (Lipinski definition) is 8. The van der Waals surface area contributed by atoms with Gasteiger partial charge in [-0.3, -0.25) is 4.79 Å². The Bertz CT molecular complexity index is 914. The number of aliphatic hydroxyl groups is 5. The predicted octanol–water partition coefficient (Wildman–Crippen LogP) is 9.50. The van der Waals surface area contributed by atoms with E-state index in [0.29, 0.717) is 6.42 Å². The molecule has 0 aromatic carbocycles. The molecule has 9 heteroatoms. The SMILES string of the molecule is CCCCCCCCCCCCCCCCC/C=C/CC/C=C/C(O)C(COC1OC(CO)C(O)C(O)C1O)NC(=O)CCCCCCCCCCCCC. The van der Waals surface area contributed by atoms with Crippen LogP contribution in [0.1, 0.15) is 206 Å². The molecule has 0 aliphatic carbocycles. The summed E-state index contributed by atoms with van der Waals surface area (Å²) in [6.45, 7) is 3.75. The molecule has 0 aromatic heterocycles. The number of ether oxygens (including phenoxy) is 2. The van der Waals surface area contributed by atoms with Gasteiger partial charge in [-0.1, -0.05) is 192 Å². The molecule has 55 heavy (non-hydrogen) atoms. The first-order valence-electron chi connectivity index (χ1n) is 23.1. The van der Waals surface area contributed by atoms with E-state index in [0.717, 1.165) is 38.5 Å². The summed E-state index contributed by atoms with van der Waals surface area (Å²) in [5, 5.41) is 54.1. The zero-order valence-corrected chi connectivity index (χ0v) is 35.4. The van der Waals surface area contributed by atoms with Gasteiger partial charge >= 0.3 is 0 Å². The Hall–Kier alpha value is -1.33. The van der Waals surface area contributed by atoms with Gasteiger partial charge in [-0.25, -0.2) is 0 Å². The number of carbonyl (C=O) groups is 1. The fraction of sp³-hybridized carbons (Fsp3) is 0.891. The van der Waals surface area contributed by atoms with Crippen LogP contribution >= 0.6 is 0 Å². The smallest absolute Gasteiger partial charge is 0.220 e. The molecule has 9 nitrogen and oxygen atoms in total. The average Bonchev–Trinajstić information content (AvgIpc) is 3.18. The van der Waals surface area contributed by atoms with Gasteiger partial charge in [0.05, 0.1) is 25.4 Å². The van der Waals surface area contributed by atoms with Crippen LogP contribution in [0, 0.1) is 0 Å². The first-order chi connectivity index (χ1) is 26.8. The number of amides is 1. The summed E-state index contributed by atoms with van der Waals surface area (Å²) in [4.78, 5) is 12.9. The summed E-state index contributed by atoms with van der Waals surface area (Å²) in [6, 6.07) is -0.815. The van der Waals surface area contributed by atoms with Crippen LogP contribution in [0.15, 0.2) is 24.3 Å². The van der Waals surface area contributed by atoms with Crippen LogP contribution in [-0.2, 0) is 14.3 Å². The van der Waals surface area contributed by atoms with Gasteiger partial charge in [0.15, 0.2) is 6.29 Å². The Labute approximate surface area is 337 Å². The molecule has 1 fully saturated rings. The molecule has 6 N–H and O–H groups in total. The van der Waals surface area contributed by atoms with Gasteiger partial charge in [0.2, 0.25) is 5.91 Å². The third kappa shape index (κ3) is 27.9. The number of allylic oxidation sites excluding steroid dienone is 3. The van der Waals surface area contributed by atoms with Crippen LogP contribution in [0.3, 0.4) is 0 Å². The lowest BCUT2D eigenvalue weighted by Gasteiger charge is -2.40.